The first-order valence-corrected chi connectivity index (χ1v) is 10.2. The minimum absolute atomic E-state index is 0.0251. The average molecular weight is 378 g/mol. The third-order valence-corrected chi connectivity index (χ3v) is 5.96. The summed E-state index contributed by atoms with van der Waals surface area (Å²) in [5.41, 5.74) is 0.0251. The van der Waals surface area contributed by atoms with Crippen molar-refractivity contribution in [1.82, 2.24) is 30.4 Å². The molecule has 0 aromatic carbocycles. The van der Waals surface area contributed by atoms with Crippen molar-refractivity contribution in [3.8, 4) is 0 Å². The van der Waals surface area contributed by atoms with Gasteiger partial charge in [0.05, 0.1) is 44.6 Å². The third kappa shape index (κ3) is 4.83. The van der Waals surface area contributed by atoms with E-state index in [-0.39, 0.29) is 17.6 Å². The van der Waals surface area contributed by atoms with Crippen LogP contribution in [-0.4, -0.2) is 75.6 Å². The van der Waals surface area contributed by atoms with Gasteiger partial charge in [0, 0.05) is 19.5 Å². The maximum atomic E-state index is 12.4. The number of carbonyl (C=O) groups excluding carboxylic acids is 1. The molecule has 1 aromatic heterocycles. The van der Waals surface area contributed by atoms with Crippen LogP contribution in [0.25, 0.3) is 0 Å². The number of morpholine rings is 1. The number of nitrogens with zero attached hydrogens (tertiary/aromatic N) is 5. The number of ether oxygens (including phenoxy) is 2. The predicted octanol–water partition coefficient (Wildman–Crippen LogP) is 0.503. The molecule has 3 fully saturated rings. The van der Waals surface area contributed by atoms with E-state index in [1.54, 1.807) is 4.68 Å². The van der Waals surface area contributed by atoms with Crippen LogP contribution in [0, 0.1) is 0 Å². The molecule has 1 amide bonds. The molecule has 4 rings (SSSR count). The van der Waals surface area contributed by atoms with E-state index in [0.29, 0.717) is 26.1 Å². The summed E-state index contributed by atoms with van der Waals surface area (Å²) in [5, 5.41) is 15.1. The summed E-state index contributed by atoms with van der Waals surface area (Å²) in [7, 11) is 0. The Balaban J connectivity index is 1.22. The van der Waals surface area contributed by atoms with E-state index in [2.05, 4.69) is 25.7 Å². The van der Waals surface area contributed by atoms with Gasteiger partial charge in [0.1, 0.15) is 0 Å². The van der Waals surface area contributed by atoms with Gasteiger partial charge in [0.15, 0.2) is 5.82 Å². The molecule has 1 aromatic rings. The number of rotatable bonds is 6. The van der Waals surface area contributed by atoms with Crippen molar-refractivity contribution in [3.63, 3.8) is 0 Å². The van der Waals surface area contributed by atoms with E-state index in [1.165, 1.54) is 19.3 Å². The van der Waals surface area contributed by atoms with Crippen molar-refractivity contribution >= 4 is 5.91 Å². The summed E-state index contributed by atoms with van der Waals surface area (Å²) < 4.78 is 13.2. The summed E-state index contributed by atoms with van der Waals surface area (Å²) in [4.78, 5) is 14.7. The van der Waals surface area contributed by atoms with Crippen molar-refractivity contribution in [2.75, 3.05) is 32.9 Å². The molecule has 1 N–H and O–H groups in total. The smallest absolute Gasteiger partial charge is 0.222 e. The topological polar surface area (TPSA) is 94.4 Å². The molecule has 1 unspecified atom stereocenters. The number of hydrogen-bond donors (Lipinski definition) is 1. The molecule has 150 valence electrons. The summed E-state index contributed by atoms with van der Waals surface area (Å²) in [5.74, 6) is 0.847. The fourth-order valence-corrected chi connectivity index (χ4v) is 4.46. The summed E-state index contributed by atoms with van der Waals surface area (Å²) in [6, 6.07) is 0.136. The zero-order valence-corrected chi connectivity index (χ0v) is 15.9. The van der Waals surface area contributed by atoms with Gasteiger partial charge < -0.3 is 14.8 Å². The van der Waals surface area contributed by atoms with Crippen molar-refractivity contribution in [2.45, 2.75) is 69.7 Å². The van der Waals surface area contributed by atoms with E-state index in [4.69, 9.17) is 9.47 Å². The molecule has 1 aliphatic carbocycles. The second kappa shape index (κ2) is 8.62. The van der Waals surface area contributed by atoms with E-state index in [1.807, 2.05) is 0 Å². The number of tetrazole rings is 1. The molecule has 0 radical (unpaired) electrons. The third-order valence-electron chi connectivity index (χ3n) is 5.96. The zero-order chi connectivity index (χ0) is 18.5. The van der Waals surface area contributed by atoms with Crippen molar-refractivity contribution < 1.29 is 14.3 Å². The van der Waals surface area contributed by atoms with Gasteiger partial charge >= 0.3 is 0 Å². The highest BCUT2D eigenvalue weighted by Crippen LogP contribution is 2.39. The summed E-state index contributed by atoms with van der Waals surface area (Å²) >= 11 is 0. The van der Waals surface area contributed by atoms with Crippen LogP contribution in [0.4, 0.5) is 0 Å². The number of aryl methyl sites for hydroxylation is 1. The van der Waals surface area contributed by atoms with Crippen molar-refractivity contribution in [3.05, 3.63) is 5.82 Å². The van der Waals surface area contributed by atoms with Crippen molar-refractivity contribution in [2.24, 2.45) is 0 Å². The SMILES string of the molecule is O=C(CCn1nnnc1CN1CCOCC1)NC1COC2(CCCCC2)C1. The molecular weight excluding hydrogens is 348 g/mol. The molecule has 9 heteroatoms. The molecular formula is C18H30N6O3. The van der Waals surface area contributed by atoms with Crippen molar-refractivity contribution in [1.29, 1.82) is 0 Å². The molecule has 27 heavy (non-hydrogen) atoms. The van der Waals surface area contributed by atoms with Crippen LogP contribution >= 0.6 is 0 Å². The lowest BCUT2D eigenvalue weighted by Gasteiger charge is -2.32. The molecule has 3 aliphatic rings. The highest BCUT2D eigenvalue weighted by molar-refractivity contribution is 5.76. The normalized spacial score (nSPS) is 25.7. The van der Waals surface area contributed by atoms with Gasteiger partial charge in [-0.15, -0.1) is 5.10 Å². The molecule has 1 spiro atoms. The zero-order valence-electron chi connectivity index (χ0n) is 15.9. The van der Waals surface area contributed by atoms with Gasteiger partial charge in [-0.1, -0.05) is 19.3 Å². The Morgan fingerprint density at radius 3 is 2.85 bits per heavy atom. The van der Waals surface area contributed by atoms with Gasteiger partial charge in [0.25, 0.3) is 0 Å². The molecule has 2 aliphatic heterocycles. The Morgan fingerprint density at radius 1 is 1.22 bits per heavy atom. The van der Waals surface area contributed by atoms with Crippen LogP contribution in [-0.2, 0) is 27.4 Å². The van der Waals surface area contributed by atoms with Crippen LogP contribution in [0.15, 0.2) is 0 Å². The van der Waals surface area contributed by atoms with E-state index < -0.39 is 0 Å². The average Bonchev–Trinajstić information content (AvgIpc) is 3.29. The molecule has 3 heterocycles. The van der Waals surface area contributed by atoms with Gasteiger partial charge in [-0.05, 0) is 29.7 Å². The molecule has 1 saturated carbocycles. The highest BCUT2D eigenvalue weighted by Gasteiger charge is 2.41. The maximum absolute atomic E-state index is 12.4. The standard InChI is InChI=1S/C18H30N6O3/c25-17(19-15-12-18(27-14-15)5-2-1-3-6-18)4-7-24-16(20-21-22-24)13-23-8-10-26-11-9-23/h15H,1-14H2,(H,19,25). The lowest BCUT2D eigenvalue weighted by molar-refractivity contribution is -0.122. The van der Waals surface area contributed by atoms with Crippen LogP contribution in [0.1, 0.15) is 50.8 Å². The van der Waals surface area contributed by atoms with E-state index in [0.717, 1.165) is 51.4 Å². The Kier molecular flexibility index (Phi) is 5.99. The lowest BCUT2D eigenvalue weighted by Crippen LogP contribution is -2.38. The summed E-state index contributed by atoms with van der Waals surface area (Å²) in [6.07, 6.45) is 7.39. The second-order valence-corrected chi connectivity index (χ2v) is 7.98. The second-order valence-electron chi connectivity index (χ2n) is 7.98. The minimum atomic E-state index is 0.0251. The number of aromatic nitrogens is 4. The quantitative estimate of drug-likeness (QED) is 0.770. The lowest BCUT2D eigenvalue weighted by atomic mass is 9.82. The van der Waals surface area contributed by atoms with E-state index >= 15 is 0 Å². The predicted molar refractivity (Wildman–Crippen MR) is 96.8 cm³/mol. The number of hydrogen-bond acceptors (Lipinski definition) is 7. The first-order chi connectivity index (χ1) is 13.2. The highest BCUT2D eigenvalue weighted by atomic mass is 16.5. The Hall–Kier alpha value is -1.58. The summed E-state index contributed by atoms with van der Waals surface area (Å²) in [6.45, 7) is 5.09. The number of amides is 1. The molecule has 9 nitrogen and oxygen atoms in total. The van der Waals surface area contributed by atoms with Gasteiger partial charge in [-0.25, -0.2) is 4.68 Å². The Morgan fingerprint density at radius 2 is 2.04 bits per heavy atom. The van der Waals surface area contributed by atoms with Crippen LogP contribution in [0.5, 0.6) is 0 Å². The Bertz CT molecular complexity index is 624. The fraction of sp³-hybridized carbons (Fsp3) is 0.889. The van der Waals surface area contributed by atoms with E-state index in [9.17, 15) is 4.79 Å². The number of nitrogens with one attached hydrogen (secondary N) is 1. The number of carbonyl (C=O) groups is 1. The largest absolute Gasteiger partial charge is 0.379 e. The monoisotopic (exact) mass is 378 g/mol. The first kappa shape index (κ1) is 18.8. The maximum Gasteiger partial charge on any atom is 0.222 e. The van der Waals surface area contributed by atoms with Gasteiger partial charge in [-0.2, -0.15) is 0 Å². The first-order valence-electron chi connectivity index (χ1n) is 10.2. The van der Waals surface area contributed by atoms with Crippen LogP contribution in [0.3, 0.4) is 0 Å². The van der Waals surface area contributed by atoms with Gasteiger partial charge in [0.2, 0.25) is 5.91 Å². The van der Waals surface area contributed by atoms with Gasteiger partial charge in [-0.3, -0.25) is 9.69 Å². The molecule has 0 bridgehead atoms. The molecule has 2 saturated heterocycles. The van der Waals surface area contributed by atoms with Crippen LogP contribution in [0.2, 0.25) is 0 Å². The fourth-order valence-electron chi connectivity index (χ4n) is 4.46. The molecule has 1 atom stereocenters. The Labute approximate surface area is 159 Å². The minimum Gasteiger partial charge on any atom is -0.379 e. The van der Waals surface area contributed by atoms with Crippen LogP contribution < -0.4 is 5.32 Å².